The van der Waals surface area contributed by atoms with Gasteiger partial charge in [-0.25, -0.2) is 9.37 Å². The maximum atomic E-state index is 13.1. The molecule has 24 heavy (non-hydrogen) atoms. The van der Waals surface area contributed by atoms with Gasteiger partial charge in [0.1, 0.15) is 11.6 Å². The van der Waals surface area contributed by atoms with Crippen LogP contribution in [-0.2, 0) is 6.54 Å². The second-order valence-electron chi connectivity index (χ2n) is 6.51. The van der Waals surface area contributed by atoms with Gasteiger partial charge in [0.05, 0.1) is 0 Å². The lowest BCUT2D eigenvalue weighted by atomic mass is 10.1. The topological polar surface area (TPSA) is 36.4 Å². The zero-order valence-corrected chi connectivity index (χ0v) is 13.5. The monoisotopic (exact) mass is 325 g/mol. The smallest absolute Gasteiger partial charge is 0.259 e. The molecule has 0 spiro atoms. The van der Waals surface area contributed by atoms with Gasteiger partial charge in [-0.05, 0) is 49.6 Å². The SMILES string of the molecule is O=C(c1ccc(F)cc1)N1CCCN(C2CC2)Cc2cccnc21. The van der Waals surface area contributed by atoms with Gasteiger partial charge in [-0.1, -0.05) is 6.07 Å². The molecule has 1 saturated carbocycles. The second kappa shape index (κ2) is 6.32. The van der Waals surface area contributed by atoms with Crippen molar-refractivity contribution >= 4 is 11.7 Å². The Kier molecular flexibility index (Phi) is 4.02. The van der Waals surface area contributed by atoms with E-state index in [9.17, 15) is 9.18 Å². The van der Waals surface area contributed by atoms with Crippen molar-refractivity contribution in [1.29, 1.82) is 0 Å². The number of halogens is 1. The first kappa shape index (κ1) is 15.3. The zero-order valence-electron chi connectivity index (χ0n) is 13.5. The molecule has 1 amide bonds. The van der Waals surface area contributed by atoms with Crippen LogP contribution in [0.3, 0.4) is 0 Å². The van der Waals surface area contributed by atoms with E-state index in [1.165, 1.54) is 37.1 Å². The third-order valence-electron chi connectivity index (χ3n) is 4.72. The quantitative estimate of drug-likeness (QED) is 0.850. The minimum absolute atomic E-state index is 0.116. The van der Waals surface area contributed by atoms with Crippen LogP contribution in [0.1, 0.15) is 35.2 Å². The molecule has 2 aromatic rings. The number of anilines is 1. The van der Waals surface area contributed by atoms with Crippen molar-refractivity contribution in [3.8, 4) is 0 Å². The molecule has 1 aromatic carbocycles. The summed E-state index contributed by atoms with van der Waals surface area (Å²) >= 11 is 0. The summed E-state index contributed by atoms with van der Waals surface area (Å²) in [7, 11) is 0. The van der Waals surface area contributed by atoms with E-state index >= 15 is 0 Å². The number of carbonyl (C=O) groups is 1. The summed E-state index contributed by atoms with van der Waals surface area (Å²) in [5.74, 6) is 0.282. The lowest BCUT2D eigenvalue weighted by Gasteiger charge is -2.31. The third kappa shape index (κ3) is 3.04. The van der Waals surface area contributed by atoms with Crippen LogP contribution in [-0.4, -0.2) is 34.9 Å². The second-order valence-corrected chi connectivity index (χ2v) is 6.51. The summed E-state index contributed by atoms with van der Waals surface area (Å²) in [6.45, 7) is 2.46. The average Bonchev–Trinajstić information content (AvgIpc) is 3.41. The van der Waals surface area contributed by atoms with Crippen LogP contribution in [0.5, 0.6) is 0 Å². The standard InChI is InChI=1S/C19H20FN3O/c20-16-6-4-14(5-7-16)19(24)23-12-2-11-22(17-8-9-17)13-15-3-1-10-21-18(15)23/h1,3-7,10,17H,2,8-9,11-13H2. The first-order chi connectivity index (χ1) is 11.7. The number of benzene rings is 1. The van der Waals surface area contributed by atoms with Gasteiger partial charge < -0.3 is 0 Å². The molecule has 1 aromatic heterocycles. The van der Waals surface area contributed by atoms with E-state index in [1.54, 1.807) is 11.1 Å². The maximum Gasteiger partial charge on any atom is 0.259 e. The highest BCUT2D eigenvalue weighted by atomic mass is 19.1. The summed E-state index contributed by atoms with van der Waals surface area (Å²) in [5.41, 5.74) is 1.58. The van der Waals surface area contributed by atoms with Crippen LogP contribution < -0.4 is 4.90 Å². The molecule has 1 fully saturated rings. The van der Waals surface area contributed by atoms with Crippen LogP contribution in [0.4, 0.5) is 10.2 Å². The molecule has 4 rings (SSSR count). The fourth-order valence-corrected chi connectivity index (χ4v) is 3.33. The van der Waals surface area contributed by atoms with Gasteiger partial charge >= 0.3 is 0 Å². The maximum absolute atomic E-state index is 13.1. The Hall–Kier alpha value is -2.27. The molecule has 1 aliphatic heterocycles. The highest BCUT2D eigenvalue weighted by molar-refractivity contribution is 6.05. The number of hydrogen-bond acceptors (Lipinski definition) is 3. The van der Waals surface area contributed by atoms with Crippen LogP contribution in [0, 0.1) is 5.82 Å². The van der Waals surface area contributed by atoms with Crippen molar-refractivity contribution in [3.05, 3.63) is 59.5 Å². The molecular weight excluding hydrogens is 305 g/mol. The van der Waals surface area contributed by atoms with E-state index in [1.807, 2.05) is 12.1 Å². The number of pyridine rings is 1. The van der Waals surface area contributed by atoms with Crippen LogP contribution >= 0.6 is 0 Å². The number of nitrogens with zero attached hydrogens (tertiary/aromatic N) is 3. The molecule has 124 valence electrons. The van der Waals surface area contributed by atoms with E-state index in [0.717, 1.165) is 30.9 Å². The molecule has 0 atom stereocenters. The van der Waals surface area contributed by atoms with Gasteiger partial charge in [0.2, 0.25) is 0 Å². The van der Waals surface area contributed by atoms with Crippen LogP contribution in [0.2, 0.25) is 0 Å². The highest BCUT2D eigenvalue weighted by Crippen LogP contribution is 2.32. The zero-order chi connectivity index (χ0) is 16.5. The van der Waals surface area contributed by atoms with Gasteiger partial charge in [0, 0.05) is 43.0 Å². The lowest BCUT2D eigenvalue weighted by Crippen LogP contribution is -2.39. The van der Waals surface area contributed by atoms with Crippen LogP contribution in [0.25, 0.3) is 0 Å². The highest BCUT2D eigenvalue weighted by Gasteiger charge is 2.32. The summed E-state index contributed by atoms with van der Waals surface area (Å²) in [6, 6.07) is 10.4. The predicted molar refractivity (Wildman–Crippen MR) is 90.4 cm³/mol. The van der Waals surface area contributed by atoms with Gasteiger partial charge in [-0.2, -0.15) is 0 Å². The number of hydrogen-bond donors (Lipinski definition) is 0. The molecule has 0 N–H and O–H groups in total. The van der Waals surface area contributed by atoms with Gasteiger partial charge in [0.15, 0.2) is 0 Å². The minimum atomic E-state index is -0.335. The summed E-state index contributed by atoms with van der Waals surface area (Å²) in [5, 5.41) is 0. The summed E-state index contributed by atoms with van der Waals surface area (Å²) in [4.78, 5) is 21.6. The Labute approximate surface area is 140 Å². The Morgan fingerprint density at radius 2 is 1.92 bits per heavy atom. The summed E-state index contributed by atoms with van der Waals surface area (Å²) < 4.78 is 13.1. The van der Waals surface area contributed by atoms with Gasteiger partial charge in [0.25, 0.3) is 5.91 Å². The van der Waals surface area contributed by atoms with Crippen molar-refractivity contribution in [2.75, 3.05) is 18.0 Å². The van der Waals surface area contributed by atoms with E-state index in [0.29, 0.717) is 18.2 Å². The van der Waals surface area contributed by atoms with E-state index in [4.69, 9.17) is 0 Å². The minimum Gasteiger partial charge on any atom is -0.296 e. The average molecular weight is 325 g/mol. The molecule has 2 heterocycles. The number of carbonyl (C=O) groups excluding carboxylic acids is 1. The van der Waals surface area contributed by atoms with Crippen LogP contribution in [0.15, 0.2) is 42.6 Å². The molecule has 1 aliphatic carbocycles. The van der Waals surface area contributed by atoms with Gasteiger partial charge in [-0.3, -0.25) is 14.6 Å². The Morgan fingerprint density at radius 3 is 2.67 bits per heavy atom. The first-order valence-corrected chi connectivity index (χ1v) is 8.48. The largest absolute Gasteiger partial charge is 0.296 e. The number of fused-ring (bicyclic) bond motifs is 1. The Morgan fingerprint density at radius 1 is 1.12 bits per heavy atom. The summed E-state index contributed by atoms with van der Waals surface area (Å²) in [6.07, 6.45) is 5.19. The molecule has 5 heteroatoms. The molecule has 2 aliphatic rings. The number of amides is 1. The predicted octanol–water partition coefficient (Wildman–Crippen LogP) is 3.24. The molecule has 0 radical (unpaired) electrons. The normalized spacial score (nSPS) is 18.6. The fourth-order valence-electron chi connectivity index (χ4n) is 3.33. The molecular formula is C19H20FN3O. The molecule has 4 nitrogen and oxygen atoms in total. The fraction of sp³-hybridized carbons (Fsp3) is 0.368. The third-order valence-corrected chi connectivity index (χ3v) is 4.72. The number of rotatable bonds is 2. The van der Waals surface area contributed by atoms with Crippen molar-refractivity contribution < 1.29 is 9.18 Å². The van der Waals surface area contributed by atoms with E-state index < -0.39 is 0 Å². The number of aromatic nitrogens is 1. The molecule has 0 saturated heterocycles. The van der Waals surface area contributed by atoms with Crippen molar-refractivity contribution in [2.24, 2.45) is 0 Å². The lowest BCUT2D eigenvalue weighted by molar-refractivity contribution is 0.0982. The van der Waals surface area contributed by atoms with Crippen molar-refractivity contribution in [1.82, 2.24) is 9.88 Å². The Bertz CT molecular complexity index is 743. The van der Waals surface area contributed by atoms with Gasteiger partial charge in [-0.15, -0.1) is 0 Å². The van der Waals surface area contributed by atoms with Crippen molar-refractivity contribution in [3.63, 3.8) is 0 Å². The first-order valence-electron chi connectivity index (χ1n) is 8.48. The molecule has 0 unspecified atom stereocenters. The molecule has 0 bridgehead atoms. The van der Waals surface area contributed by atoms with Crippen molar-refractivity contribution in [2.45, 2.75) is 31.8 Å². The van der Waals surface area contributed by atoms with E-state index in [2.05, 4.69) is 9.88 Å². The van der Waals surface area contributed by atoms with E-state index in [-0.39, 0.29) is 11.7 Å². The Balaban J connectivity index is 1.66.